The van der Waals surface area contributed by atoms with E-state index in [-0.39, 0.29) is 5.84 Å². The van der Waals surface area contributed by atoms with Gasteiger partial charge in [-0.15, -0.1) is 11.8 Å². The number of amidine groups is 1. The lowest BCUT2D eigenvalue weighted by Gasteiger charge is -2.36. The molecular formula is C16H25N3S. The van der Waals surface area contributed by atoms with E-state index in [0.717, 1.165) is 22.7 Å². The molecule has 0 spiro atoms. The third kappa shape index (κ3) is 3.11. The van der Waals surface area contributed by atoms with Crippen LogP contribution in [0.3, 0.4) is 0 Å². The molecule has 0 amide bonds. The molecule has 1 aromatic rings. The number of nitrogens with two attached hydrogens (primary N) is 1. The van der Waals surface area contributed by atoms with Crippen LogP contribution in [0.25, 0.3) is 0 Å². The third-order valence-electron chi connectivity index (χ3n) is 4.16. The van der Waals surface area contributed by atoms with Crippen LogP contribution in [0.1, 0.15) is 44.6 Å². The van der Waals surface area contributed by atoms with E-state index in [4.69, 9.17) is 11.1 Å². The Morgan fingerprint density at radius 1 is 1.35 bits per heavy atom. The van der Waals surface area contributed by atoms with Crippen molar-refractivity contribution in [1.29, 1.82) is 5.41 Å². The van der Waals surface area contributed by atoms with Gasteiger partial charge in [-0.2, -0.15) is 0 Å². The molecule has 0 bridgehead atoms. The van der Waals surface area contributed by atoms with Crippen molar-refractivity contribution in [2.75, 3.05) is 17.7 Å². The molecule has 1 saturated carbocycles. The molecule has 20 heavy (non-hydrogen) atoms. The molecule has 110 valence electrons. The Kier molecular flexibility index (Phi) is 5.35. The fraction of sp³-hybridized carbons (Fsp3) is 0.562. The van der Waals surface area contributed by atoms with Crippen LogP contribution in [-0.2, 0) is 0 Å². The van der Waals surface area contributed by atoms with Gasteiger partial charge >= 0.3 is 0 Å². The molecule has 0 radical (unpaired) electrons. The van der Waals surface area contributed by atoms with Crippen molar-refractivity contribution in [3.8, 4) is 0 Å². The average Bonchev–Trinajstić information content (AvgIpc) is 2.48. The van der Waals surface area contributed by atoms with Crippen LogP contribution < -0.4 is 10.6 Å². The first kappa shape index (κ1) is 15.2. The molecule has 2 rings (SSSR count). The number of nitrogens with one attached hydrogen (secondary N) is 1. The smallest absolute Gasteiger partial charge is 0.126 e. The molecule has 3 nitrogen and oxygen atoms in total. The molecule has 3 N–H and O–H groups in total. The first-order valence-corrected chi connectivity index (χ1v) is 8.69. The highest BCUT2D eigenvalue weighted by Crippen LogP contribution is 2.33. The summed E-state index contributed by atoms with van der Waals surface area (Å²) in [6.07, 6.45) is 8.56. The molecule has 0 aromatic heterocycles. The molecular weight excluding hydrogens is 266 g/mol. The highest BCUT2D eigenvalue weighted by Gasteiger charge is 2.23. The van der Waals surface area contributed by atoms with Gasteiger partial charge in [0, 0.05) is 23.2 Å². The Hall–Kier alpha value is -1.16. The Morgan fingerprint density at radius 2 is 2.05 bits per heavy atom. The first-order chi connectivity index (χ1) is 9.69. The van der Waals surface area contributed by atoms with Crippen LogP contribution in [0.2, 0.25) is 0 Å². The van der Waals surface area contributed by atoms with Gasteiger partial charge in [0.15, 0.2) is 0 Å². The van der Waals surface area contributed by atoms with Crippen LogP contribution in [0.5, 0.6) is 0 Å². The minimum atomic E-state index is 0.180. The van der Waals surface area contributed by atoms with E-state index in [2.05, 4.69) is 30.0 Å². The monoisotopic (exact) mass is 291 g/mol. The summed E-state index contributed by atoms with van der Waals surface area (Å²) in [4.78, 5) is 3.56. The Labute approximate surface area is 126 Å². The number of benzene rings is 1. The minimum absolute atomic E-state index is 0.180. The number of rotatable bonds is 5. The van der Waals surface area contributed by atoms with Gasteiger partial charge in [0.2, 0.25) is 0 Å². The summed E-state index contributed by atoms with van der Waals surface area (Å²) < 4.78 is 0. The maximum Gasteiger partial charge on any atom is 0.126 e. The van der Waals surface area contributed by atoms with Crippen molar-refractivity contribution in [2.45, 2.75) is 50.0 Å². The molecule has 0 heterocycles. The number of hydrogen-bond donors (Lipinski definition) is 2. The molecule has 0 saturated heterocycles. The summed E-state index contributed by atoms with van der Waals surface area (Å²) in [7, 11) is 0. The third-order valence-corrected chi connectivity index (χ3v) is 4.94. The van der Waals surface area contributed by atoms with Gasteiger partial charge < -0.3 is 10.6 Å². The molecule has 1 aliphatic carbocycles. The van der Waals surface area contributed by atoms with Crippen LogP contribution in [-0.4, -0.2) is 24.7 Å². The summed E-state index contributed by atoms with van der Waals surface area (Å²) in [5, 5.41) is 7.94. The second-order valence-electron chi connectivity index (χ2n) is 5.35. The van der Waals surface area contributed by atoms with E-state index in [1.54, 1.807) is 11.8 Å². The summed E-state index contributed by atoms with van der Waals surface area (Å²) >= 11 is 1.66. The number of nitrogens with zero attached hydrogens (tertiary/aromatic N) is 1. The van der Waals surface area contributed by atoms with E-state index in [9.17, 15) is 0 Å². The highest BCUT2D eigenvalue weighted by molar-refractivity contribution is 7.98. The summed E-state index contributed by atoms with van der Waals surface area (Å²) in [6.45, 7) is 3.17. The number of nitrogen functional groups attached to an aromatic ring is 1. The lowest BCUT2D eigenvalue weighted by atomic mass is 9.93. The standard InChI is InChI=1S/C16H25N3S/c1-3-19(12-8-5-4-6-9-12)13-10-7-11-14(20-2)15(13)16(17)18/h7,10-12H,3-6,8-9H2,1-2H3,(H3,17,18). The van der Waals surface area contributed by atoms with E-state index in [1.165, 1.54) is 32.1 Å². The summed E-state index contributed by atoms with van der Waals surface area (Å²) in [5.74, 6) is 0.180. The van der Waals surface area contributed by atoms with Crippen LogP contribution >= 0.6 is 11.8 Å². The molecule has 4 heteroatoms. The average molecular weight is 291 g/mol. The van der Waals surface area contributed by atoms with Gasteiger partial charge in [0.1, 0.15) is 5.84 Å². The van der Waals surface area contributed by atoms with Crippen molar-refractivity contribution < 1.29 is 0 Å². The van der Waals surface area contributed by atoms with Gasteiger partial charge in [0.05, 0.1) is 5.56 Å². The quantitative estimate of drug-likeness (QED) is 0.492. The second kappa shape index (κ2) is 7.02. The second-order valence-corrected chi connectivity index (χ2v) is 6.19. The van der Waals surface area contributed by atoms with Crippen molar-refractivity contribution in [1.82, 2.24) is 0 Å². The maximum atomic E-state index is 7.94. The lowest BCUT2D eigenvalue weighted by Crippen LogP contribution is -2.38. The van der Waals surface area contributed by atoms with Gasteiger partial charge in [-0.1, -0.05) is 25.3 Å². The molecule has 1 fully saturated rings. The minimum Gasteiger partial charge on any atom is -0.384 e. The van der Waals surface area contributed by atoms with Crippen molar-refractivity contribution in [3.63, 3.8) is 0 Å². The van der Waals surface area contributed by atoms with Gasteiger partial charge in [0.25, 0.3) is 0 Å². The first-order valence-electron chi connectivity index (χ1n) is 7.47. The lowest BCUT2D eigenvalue weighted by molar-refractivity contribution is 0.418. The van der Waals surface area contributed by atoms with E-state index >= 15 is 0 Å². The van der Waals surface area contributed by atoms with Crippen LogP contribution in [0.15, 0.2) is 23.1 Å². The predicted octanol–water partition coefficient (Wildman–Crippen LogP) is 3.85. The van der Waals surface area contributed by atoms with E-state index in [1.807, 2.05) is 6.26 Å². The predicted molar refractivity (Wildman–Crippen MR) is 89.1 cm³/mol. The molecule has 1 aliphatic rings. The zero-order chi connectivity index (χ0) is 14.5. The SMILES string of the molecule is CCN(c1cccc(SC)c1C(=N)N)C1CCCCC1. The highest BCUT2D eigenvalue weighted by atomic mass is 32.2. The van der Waals surface area contributed by atoms with Gasteiger partial charge in [-0.05, 0) is 38.2 Å². The van der Waals surface area contributed by atoms with E-state index < -0.39 is 0 Å². The molecule has 0 aliphatic heterocycles. The fourth-order valence-electron chi connectivity index (χ4n) is 3.22. The normalized spacial score (nSPS) is 16.1. The molecule has 0 atom stereocenters. The van der Waals surface area contributed by atoms with Crippen LogP contribution in [0, 0.1) is 5.41 Å². The van der Waals surface area contributed by atoms with Gasteiger partial charge in [-0.3, -0.25) is 5.41 Å². The summed E-state index contributed by atoms with van der Waals surface area (Å²) in [5.41, 5.74) is 7.90. The Morgan fingerprint density at radius 3 is 2.60 bits per heavy atom. The molecule has 1 aromatic carbocycles. The summed E-state index contributed by atoms with van der Waals surface area (Å²) in [6, 6.07) is 6.86. The van der Waals surface area contributed by atoms with Crippen molar-refractivity contribution in [2.24, 2.45) is 5.73 Å². The number of anilines is 1. The largest absolute Gasteiger partial charge is 0.384 e. The Balaban J connectivity index is 2.40. The zero-order valence-corrected chi connectivity index (χ0v) is 13.3. The number of hydrogen-bond acceptors (Lipinski definition) is 3. The zero-order valence-electron chi connectivity index (χ0n) is 12.5. The van der Waals surface area contributed by atoms with Gasteiger partial charge in [-0.25, -0.2) is 0 Å². The fourth-order valence-corrected chi connectivity index (χ4v) is 3.85. The Bertz CT molecular complexity index is 467. The van der Waals surface area contributed by atoms with Crippen molar-refractivity contribution in [3.05, 3.63) is 23.8 Å². The van der Waals surface area contributed by atoms with Crippen molar-refractivity contribution >= 4 is 23.3 Å². The maximum absolute atomic E-state index is 7.94. The number of thioether (sulfide) groups is 1. The molecule has 0 unspecified atom stereocenters. The van der Waals surface area contributed by atoms with Crippen LogP contribution in [0.4, 0.5) is 5.69 Å². The van der Waals surface area contributed by atoms with E-state index in [0.29, 0.717) is 6.04 Å². The topological polar surface area (TPSA) is 53.1 Å².